The van der Waals surface area contributed by atoms with Gasteiger partial charge in [0.05, 0.1) is 24.2 Å². The van der Waals surface area contributed by atoms with Crippen LogP contribution in [-0.2, 0) is 6.54 Å². The molecule has 34 heavy (non-hydrogen) atoms. The third-order valence-electron chi connectivity index (χ3n) is 6.45. The van der Waals surface area contributed by atoms with Gasteiger partial charge in [-0.3, -0.25) is 0 Å². The van der Waals surface area contributed by atoms with Crippen LogP contribution in [0, 0.1) is 12.8 Å². The van der Waals surface area contributed by atoms with Crippen molar-refractivity contribution in [2.75, 3.05) is 13.7 Å². The number of unbranched alkanes of at least 4 members (excludes halogenated alkanes) is 1. The fraction of sp³-hybridized carbons (Fsp3) is 0.500. The molecule has 1 saturated carbocycles. The third-order valence-corrected chi connectivity index (χ3v) is 7.34. The van der Waals surface area contributed by atoms with E-state index < -0.39 is 6.09 Å². The van der Waals surface area contributed by atoms with Gasteiger partial charge in [-0.2, -0.15) is 0 Å². The maximum Gasteiger partial charge on any atom is 0.412 e. The minimum absolute atomic E-state index is 0.402. The highest BCUT2D eigenvalue weighted by Gasteiger charge is 2.22. The average molecular weight is 483 g/mol. The van der Waals surface area contributed by atoms with Gasteiger partial charge in [0, 0.05) is 42.4 Å². The van der Waals surface area contributed by atoms with E-state index in [9.17, 15) is 4.79 Å². The number of aromatic nitrogens is 3. The summed E-state index contributed by atoms with van der Waals surface area (Å²) >= 11 is 1.58. The van der Waals surface area contributed by atoms with Gasteiger partial charge >= 0.3 is 6.09 Å². The minimum atomic E-state index is -0.402. The fourth-order valence-corrected chi connectivity index (χ4v) is 5.26. The predicted molar refractivity (Wildman–Crippen MR) is 136 cm³/mol. The standard InChI is InChI=1S/C26H34N4O3S/c1-4-5-13-27-26(31)33-23-14-22(30(18(23)2)16-19-9-7-6-8-10-19)21-17-34-25(29-21)20-11-12-24(32-3)28-15-20/h11-12,14-15,17,19H,4-10,13,16H2,1-3H3,(H,27,31). The van der Waals surface area contributed by atoms with E-state index in [1.165, 1.54) is 32.1 Å². The number of carbonyl (C=O) groups is 1. The lowest BCUT2D eigenvalue weighted by Crippen LogP contribution is -2.27. The highest BCUT2D eigenvalue weighted by molar-refractivity contribution is 7.13. The van der Waals surface area contributed by atoms with Crippen LogP contribution in [0.1, 0.15) is 57.6 Å². The zero-order valence-corrected chi connectivity index (χ0v) is 21.1. The Hall–Kier alpha value is -2.87. The number of nitrogens with zero attached hydrogens (tertiary/aromatic N) is 3. The molecule has 1 N–H and O–H groups in total. The molecule has 8 heteroatoms. The molecule has 1 aliphatic rings. The van der Waals surface area contributed by atoms with Crippen molar-refractivity contribution in [1.82, 2.24) is 19.9 Å². The number of hydrogen-bond donors (Lipinski definition) is 1. The minimum Gasteiger partial charge on any atom is -0.481 e. The molecule has 1 amide bonds. The first-order valence-electron chi connectivity index (χ1n) is 12.2. The highest BCUT2D eigenvalue weighted by Crippen LogP contribution is 2.36. The topological polar surface area (TPSA) is 78.3 Å². The molecule has 1 fully saturated rings. The van der Waals surface area contributed by atoms with Crippen LogP contribution in [-0.4, -0.2) is 34.3 Å². The van der Waals surface area contributed by atoms with Crippen molar-refractivity contribution in [3.8, 4) is 33.6 Å². The summed E-state index contributed by atoms with van der Waals surface area (Å²) in [5, 5.41) is 5.81. The summed E-state index contributed by atoms with van der Waals surface area (Å²) in [6, 6.07) is 5.77. The first kappa shape index (κ1) is 24.3. The number of nitrogens with one attached hydrogen (secondary N) is 1. The Morgan fingerprint density at radius 2 is 2.09 bits per heavy atom. The number of carbonyl (C=O) groups excluding carboxylic acids is 1. The summed E-state index contributed by atoms with van der Waals surface area (Å²) in [7, 11) is 1.61. The Morgan fingerprint density at radius 1 is 1.26 bits per heavy atom. The van der Waals surface area contributed by atoms with E-state index in [-0.39, 0.29) is 0 Å². The molecular formula is C26H34N4O3S. The summed E-state index contributed by atoms with van der Waals surface area (Å²) in [6.07, 6.45) is 9.72. The molecule has 0 radical (unpaired) electrons. The normalized spacial score (nSPS) is 14.2. The molecule has 4 rings (SSSR count). The molecular weight excluding hydrogens is 448 g/mol. The van der Waals surface area contributed by atoms with Crippen LogP contribution in [0.5, 0.6) is 11.6 Å². The summed E-state index contributed by atoms with van der Waals surface area (Å²) < 4.78 is 13.2. The van der Waals surface area contributed by atoms with Crippen molar-refractivity contribution in [3.63, 3.8) is 0 Å². The first-order valence-corrected chi connectivity index (χ1v) is 13.1. The van der Waals surface area contributed by atoms with Gasteiger partial charge in [-0.15, -0.1) is 11.3 Å². The maximum absolute atomic E-state index is 12.4. The van der Waals surface area contributed by atoms with Crippen LogP contribution < -0.4 is 14.8 Å². The van der Waals surface area contributed by atoms with Gasteiger partial charge in [0.25, 0.3) is 0 Å². The molecule has 0 saturated heterocycles. The molecule has 0 unspecified atom stereocenters. The van der Waals surface area contributed by atoms with Crippen molar-refractivity contribution in [2.24, 2.45) is 5.92 Å². The summed E-state index contributed by atoms with van der Waals surface area (Å²) in [6.45, 7) is 5.66. The van der Waals surface area contributed by atoms with E-state index in [1.807, 2.05) is 25.1 Å². The van der Waals surface area contributed by atoms with Crippen molar-refractivity contribution >= 4 is 17.4 Å². The Balaban J connectivity index is 1.61. The molecule has 0 aromatic carbocycles. The number of amides is 1. The summed E-state index contributed by atoms with van der Waals surface area (Å²) in [4.78, 5) is 21.6. The van der Waals surface area contributed by atoms with E-state index in [0.29, 0.717) is 24.1 Å². The molecule has 0 aliphatic heterocycles. The first-order chi connectivity index (χ1) is 16.6. The second-order valence-electron chi connectivity index (χ2n) is 8.89. The van der Waals surface area contributed by atoms with Crippen LogP contribution in [0.15, 0.2) is 29.8 Å². The number of hydrogen-bond acceptors (Lipinski definition) is 6. The van der Waals surface area contributed by atoms with Crippen LogP contribution in [0.4, 0.5) is 4.79 Å². The van der Waals surface area contributed by atoms with Crippen LogP contribution in [0.25, 0.3) is 22.0 Å². The van der Waals surface area contributed by atoms with E-state index in [0.717, 1.165) is 47.0 Å². The quantitative estimate of drug-likeness (QED) is 0.354. The average Bonchev–Trinajstić information content (AvgIpc) is 3.46. The molecule has 0 spiro atoms. The second-order valence-corrected chi connectivity index (χ2v) is 9.75. The second kappa shape index (κ2) is 11.5. The Bertz CT molecular complexity index is 1080. The van der Waals surface area contributed by atoms with E-state index in [2.05, 4.69) is 27.2 Å². The molecule has 3 aromatic heterocycles. The Labute approximate surface area is 205 Å². The predicted octanol–water partition coefficient (Wildman–Crippen LogP) is 6.46. The van der Waals surface area contributed by atoms with E-state index in [4.69, 9.17) is 14.5 Å². The largest absolute Gasteiger partial charge is 0.481 e. The number of thiazole rings is 1. The number of methoxy groups -OCH3 is 1. The Kier molecular flexibility index (Phi) is 8.21. The van der Waals surface area contributed by atoms with Gasteiger partial charge in [-0.1, -0.05) is 32.6 Å². The van der Waals surface area contributed by atoms with Crippen LogP contribution in [0.3, 0.4) is 0 Å². The molecule has 0 bridgehead atoms. The van der Waals surface area contributed by atoms with Gasteiger partial charge in [-0.05, 0) is 38.2 Å². The SMILES string of the molecule is CCCCNC(=O)Oc1cc(-c2csc(-c3ccc(OC)nc3)n2)n(CC2CCCCC2)c1C. The lowest BCUT2D eigenvalue weighted by atomic mass is 9.89. The number of pyridine rings is 1. The van der Waals surface area contributed by atoms with Crippen molar-refractivity contribution in [3.05, 3.63) is 35.5 Å². The van der Waals surface area contributed by atoms with E-state index >= 15 is 0 Å². The molecule has 3 heterocycles. The maximum atomic E-state index is 12.4. The third kappa shape index (κ3) is 5.78. The van der Waals surface area contributed by atoms with Gasteiger partial charge in [0.15, 0.2) is 5.75 Å². The van der Waals surface area contributed by atoms with Gasteiger partial charge in [-0.25, -0.2) is 14.8 Å². The van der Waals surface area contributed by atoms with Crippen molar-refractivity contribution < 1.29 is 14.3 Å². The Morgan fingerprint density at radius 3 is 2.79 bits per heavy atom. The smallest absolute Gasteiger partial charge is 0.412 e. The molecule has 7 nitrogen and oxygen atoms in total. The number of rotatable bonds is 9. The van der Waals surface area contributed by atoms with Crippen molar-refractivity contribution in [1.29, 1.82) is 0 Å². The fourth-order valence-electron chi connectivity index (χ4n) is 4.45. The van der Waals surface area contributed by atoms with Gasteiger partial charge in [0.2, 0.25) is 5.88 Å². The zero-order chi connectivity index (χ0) is 23.9. The molecule has 1 aliphatic carbocycles. The lowest BCUT2D eigenvalue weighted by molar-refractivity contribution is 0.200. The van der Waals surface area contributed by atoms with E-state index in [1.54, 1.807) is 24.6 Å². The van der Waals surface area contributed by atoms with Crippen LogP contribution in [0.2, 0.25) is 0 Å². The highest BCUT2D eigenvalue weighted by atomic mass is 32.1. The lowest BCUT2D eigenvalue weighted by Gasteiger charge is -2.24. The van der Waals surface area contributed by atoms with Crippen molar-refractivity contribution in [2.45, 2.75) is 65.3 Å². The van der Waals surface area contributed by atoms with Crippen LogP contribution >= 0.6 is 11.3 Å². The number of ether oxygens (including phenoxy) is 2. The van der Waals surface area contributed by atoms with Gasteiger partial charge in [0.1, 0.15) is 5.01 Å². The summed E-state index contributed by atoms with van der Waals surface area (Å²) in [5.41, 5.74) is 3.79. The molecule has 0 atom stereocenters. The summed E-state index contributed by atoms with van der Waals surface area (Å²) in [5.74, 6) is 1.81. The molecule has 3 aromatic rings. The zero-order valence-electron chi connectivity index (χ0n) is 20.3. The monoisotopic (exact) mass is 482 g/mol. The molecule has 182 valence electrons. The van der Waals surface area contributed by atoms with Gasteiger partial charge < -0.3 is 19.4 Å².